The maximum absolute atomic E-state index is 12.2. The Bertz CT molecular complexity index is 702. The van der Waals surface area contributed by atoms with E-state index in [1.807, 2.05) is 28.8 Å². The van der Waals surface area contributed by atoms with Crippen LogP contribution in [-0.4, -0.2) is 46.2 Å². The van der Waals surface area contributed by atoms with Crippen LogP contribution < -0.4 is 5.32 Å². The Morgan fingerprint density at radius 3 is 2.58 bits per heavy atom. The summed E-state index contributed by atoms with van der Waals surface area (Å²) in [6.07, 6.45) is 1.86. The Balaban J connectivity index is 2.12. The second-order valence-electron chi connectivity index (χ2n) is 5.83. The number of methoxy groups -OCH3 is 1. The van der Waals surface area contributed by atoms with Gasteiger partial charge in [0.15, 0.2) is 11.0 Å². The number of aromatic nitrogens is 3. The fourth-order valence-corrected chi connectivity index (χ4v) is 3.39. The van der Waals surface area contributed by atoms with E-state index in [9.17, 15) is 4.79 Å². The maximum atomic E-state index is 12.2. The normalized spacial score (nSPS) is 11.1. The molecule has 0 bridgehead atoms. The van der Waals surface area contributed by atoms with Gasteiger partial charge in [-0.2, -0.15) is 0 Å². The third kappa shape index (κ3) is 5.72. The van der Waals surface area contributed by atoms with E-state index < -0.39 is 0 Å². The van der Waals surface area contributed by atoms with Crippen molar-refractivity contribution in [2.75, 3.05) is 19.5 Å². The number of rotatable bonds is 10. The molecule has 1 amide bonds. The van der Waals surface area contributed by atoms with Gasteiger partial charge in [-0.3, -0.25) is 9.36 Å². The number of halogens is 1. The van der Waals surface area contributed by atoms with Crippen LogP contribution in [0.4, 0.5) is 0 Å². The van der Waals surface area contributed by atoms with E-state index in [1.165, 1.54) is 11.8 Å². The van der Waals surface area contributed by atoms with Crippen LogP contribution in [0, 0.1) is 0 Å². The Morgan fingerprint density at radius 2 is 1.96 bits per heavy atom. The van der Waals surface area contributed by atoms with E-state index in [2.05, 4.69) is 29.4 Å². The summed E-state index contributed by atoms with van der Waals surface area (Å²) in [7, 11) is 1.65. The Hall–Kier alpha value is -1.57. The molecule has 0 radical (unpaired) electrons. The molecule has 1 N–H and O–H groups in total. The molecule has 8 heteroatoms. The molecule has 1 heterocycles. The zero-order valence-corrected chi connectivity index (χ0v) is 16.9. The molecule has 0 aliphatic heterocycles. The lowest BCUT2D eigenvalue weighted by atomic mass is 10.2. The SMILES string of the molecule is CCC(CC)NC(=O)CSc1nnc(-c2ccc(Cl)cc2)n1CCOC. The molecule has 26 heavy (non-hydrogen) atoms. The second kappa shape index (κ2) is 10.5. The number of hydrogen-bond donors (Lipinski definition) is 1. The summed E-state index contributed by atoms with van der Waals surface area (Å²) in [5.74, 6) is 1.06. The van der Waals surface area contributed by atoms with Crippen molar-refractivity contribution >= 4 is 29.3 Å². The number of hydrogen-bond acceptors (Lipinski definition) is 5. The molecule has 0 saturated heterocycles. The fourth-order valence-electron chi connectivity index (χ4n) is 2.48. The first-order valence-corrected chi connectivity index (χ1v) is 10.1. The maximum Gasteiger partial charge on any atom is 0.230 e. The van der Waals surface area contributed by atoms with Crippen LogP contribution in [0.3, 0.4) is 0 Å². The number of thioether (sulfide) groups is 1. The number of nitrogens with zero attached hydrogens (tertiary/aromatic N) is 3. The van der Waals surface area contributed by atoms with Crippen molar-refractivity contribution in [2.45, 2.75) is 44.4 Å². The highest BCUT2D eigenvalue weighted by atomic mass is 35.5. The van der Waals surface area contributed by atoms with Gasteiger partial charge >= 0.3 is 0 Å². The minimum Gasteiger partial charge on any atom is -0.383 e. The van der Waals surface area contributed by atoms with Gasteiger partial charge in [0.2, 0.25) is 5.91 Å². The zero-order chi connectivity index (χ0) is 18.9. The molecule has 0 spiro atoms. The van der Waals surface area contributed by atoms with Gasteiger partial charge in [0.05, 0.1) is 18.9 Å². The number of carbonyl (C=O) groups excluding carboxylic acids is 1. The quantitative estimate of drug-likeness (QED) is 0.621. The third-order valence-corrected chi connectivity index (χ3v) is 5.24. The van der Waals surface area contributed by atoms with Gasteiger partial charge in [-0.15, -0.1) is 10.2 Å². The first kappa shape index (κ1) is 20.7. The van der Waals surface area contributed by atoms with Crippen LogP contribution in [0.25, 0.3) is 11.4 Å². The monoisotopic (exact) mass is 396 g/mol. The van der Waals surface area contributed by atoms with Gasteiger partial charge < -0.3 is 10.1 Å². The summed E-state index contributed by atoms with van der Waals surface area (Å²) < 4.78 is 7.18. The van der Waals surface area contributed by atoms with E-state index in [4.69, 9.17) is 16.3 Å². The highest BCUT2D eigenvalue weighted by Gasteiger charge is 2.16. The molecule has 0 aliphatic rings. The topological polar surface area (TPSA) is 69.0 Å². The minimum atomic E-state index is 0.0121. The summed E-state index contributed by atoms with van der Waals surface area (Å²) in [6.45, 7) is 5.28. The molecule has 6 nitrogen and oxygen atoms in total. The predicted molar refractivity (Wildman–Crippen MR) is 106 cm³/mol. The van der Waals surface area contributed by atoms with E-state index >= 15 is 0 Å². The van der Waals surface area contributed by atoms with Crippen LogP contribution >= 0.6 is 23.4 Å². The molecule has 0 saturated carbocycles. The Kier molecular flexibility index (Phi) is 8.41. The summed E-state index contributed by atoms with van der Waals surface area (Å²) in [6, 6.07) is 7.68. The summed E-state index contributed by atoms with van der Waals surface area (Å²) in [4.78, 5) is 12.2. The summed E-state index contributed by atoms with van der Waals surface area (Å²) in [5, 5.41) is 13.0. The molecule has 0 atom stereocenters. The van der Waals surface area contributed by atoms with Gasteiger partial charge in [0.1, 0.15) is 0 Å². The number of ether oxygens (including phenoxy) is 1. The first-order chi connectivity index (χ1) is 12.6. The Labute approximate surface area is 163 Å². The average molecular weight is 397 g/mol. The molecular formula is C18H25ClN4O2S. The first-order valence-electron chi connectivity index (χ1n) is 8.69. The highest BCUT2D eigenvalue weighted by Crippen LogP contribution is 2.25. The highest BCUT2D eigenvalue weighted by molar-refractivity contribution is 7.99. The average Bonchev–Trinajstić information content (AvgIpc) is 3.06. The van der Waals surface area contributed by atoms with Crippen molar-refractivity contribution in [3.8, 4) is 11.4 Å². The summed E-state index contributed by atoms with van der Waals surface area (Å²) in [5.41, 5.74) is 0.923. The standard InChI is InChI=1S/C18H25ClN4O2S/c1-4-15(5-2)20-16(24)12-26-18-22-21-17(23(18)10-11-25-3)13-6-8-14(19)9-7-13/h6-9,15H,4-5,10-12H2,1-3H3,(H,20,24). The molecule has 142 valence electrons. The molecule has 1 aromatic heterocycles. The van der Waals surface area contributed by atoms with Crippen LogP contribution in [0.2, 0.25) is 5.02 Å². The van der Waals surface area contributed by atoms with E-state index in [0.29, 0.717) is 29.1 Å². The van der Waals surface area contributed by atoms with Crippen molar-refractivity contribution < 1.29 is 9.53 Å². The van der Waals surface area contributed by atoms with Gasteiger partial charge in [-0.25, -0.2) is 0 Å². The number of amides is 1. The fraction of sp³-hybridized carbons (Fsp3) is 0.500. The van der Waals surface area contributed by atoms with Crippen LogP contribution in [0.5, 0.6) is 0 Å². The van der Waals surface area contributed by atoms with Gasteiger partial charge in [-0.05, 0) is 37.1 Å². The third-order valence-electron chi connectivity index (χ3n) is 4.02. The van der Waals surface area contributed by atoms with Crippen molar-refractivity contribution in [2.24, 2.45) is 0 Å². The van der Waals surface area contributed by atoms with Gasteiger partial charge in [0, 0.05) is 23.7 Å². The molecule has 2 aromatic rings. The Morgan fingerprint density at radius 1 is 1.27 bits per heavy atom. The second-order valence-corrected chi connectivity index (χ2v) is 7.21. The largest absolute Gasteiger partial charge is 0.383 e. The smallest absolute Gasteiger partial charge is 0.230 e. The van der Waals surface area contributed by atoms with E-state index in [-0.39, 0.29) is 11.9 Å². The summed E-state index contributed by atoms with van der Waals surface area (Å²) >= 11 is 7.35. The number of carbonyl (C=O) groups is 1. The molecule has 2 rings (SSSR count). The van der Waals surface area contributed by atoms with E-state index in [1.54, 1.807) is 7.11 Å². The van der Waals surface area contributed by atoms with E-state index in [0.717, 1.165) is 24.2 Å². The molecule has 0 unspecified atom stereocenters. The van der Waals surface area contributed by atoms with Gasteiger partial charge in [-0.1, -0.05) is 37.2 Å². The van der Waals surface area contributed by atoms with Crippen LogP contribution in [0.1, 0.15) is 26.7 Å². The molecule has 0 aliphatic carbocycles. The zero-order valence-electron chi connectivity index (χ0n) is 15.4. The lowest BCUT2D eigenvalue weighted by Crippen LogP contribution is -2.35. The molecular weight excluding hydrogens is 372 g/mol. The van der Waals surface area contributed by atoms with Crippen LogP contribution in [0.15, 0.2) is 29.4 Å². The van der Waals surface area contributed by atoms with Crippen LogP contribution in [-0.2, 0) is 16.1 Å². The van der Waals surface area contributed by atoms with Crippen molar-refractivity contribution in [3.05, 3.63) is 29.3 Å². The van der Waals surface area contributed by atoms with Crippen molar-refractivity contribution in [3.63, 3.8) is 0 Å². The van der Waals surface area contributed by atoms with Gasteiger partial charge in [0.25, 0.3) is 0 Å². The van der Waals surface area contributed by atoms with Crippen molar-refractivity contribution in [1.29, 1.82) is 0 Å². The molecule has 1 aromatic carbocycles. The van der Waals surface area contributed by atoms with Crippen molar-refractivity contribution in [1.82, 2.24) is 20.1 Å². The predicted octanol–water partition coefficient (Wildman–Crippen LogP) is 3.64. The molecule has 0 fully saturated rings. The minimum absolute atomic E-state index is 0.0121. The lowest BCUT2D eigenvalue weighted by Gasteiger charge is -2.14. The lowest BCUT2D eigenvalue weighted by molar-refractivity contribution is -0.119. The number of benzene rings is 1. The number of nitrogens with one attached hydrogen (secondary N) is 1.